The van der Waals surface area contributed by atoms with E-state index in [4.69, 9.17) is 21.7 Å². The number of rotatable bonds is 2. The van der Waals surface area contributed by atoms with Gasteiger partial charge in [-0.15, -0.1) is 0 Å². The highest BCUT2D eigenvalue weighted by Crippen LogP contribution is 2.34. The van der Waals surface area contributed by atoms with Gasteiger partial charge in [-0.25, -0.2) is 0 Å². The third-order valence-electron chi connectivity index (χ3n) is 3.02. The van der Waals surface area contributed by atoms with Gasteiger partial charge in [0.05, 0.1) is 10.9 Å². The minimum atomic E-state index is -0.0919. The number of aromatic nitrogens is 2. The molecule has 3 rings (SSSR count). The van der Waals surface area contributed by atoms with Gasteiger partial charge >= 0.3 is 0 Å². The van der Waals surface area contributed by atoms with Crippen LogP contribution in [0.4, 0.5) is 0 Å². The molecule has 2 aromatic rings. The van der Waals surface area contributed by atoms with E-state index in [0.717, 1.165) is 0 Å². The smallest absolute Gasteiger partial charge is 0.262 e. The summed E-state index contributed by atoms with van der Waals surface area (Å²) in [5.74, 6) is 1.59. The standard InChI is InChI=1S/C13H14N2O3S/c1-7(2)5-15-12(16)8-3-10-11(18-6-17-10)4-9(8)14-13(15)19/h3-4,7H,5-6H2,1-2H3,(H,14,19). The van der Waals surface area contributed by atoms with Crippen LogP contribution in [0.25, 0.3) is 10.9 Å². The van der Waals surface area contributed by atoms with Gasteiger partial charge in [-0.05, 0) is 24.2 Å². The van der Waals surface area contributed by atoms with Gasteiger partial charge in [0.1, 0.15) is 0 Å². The van der Waals surface area contributed by atoms with E-state index in [1.807, 2.05) is 13.8 Å². The molecule has 1 aromatic carbocycles. The number of H-pyrrole nitrogens is 1. The lowest BCUT2D eigenvalue weighted by Crippen LogP contribution is -2.24. The van der Waals surface area contributed by atoms with Gasteiger partial charge in [0.15, 0.2) is 16.3 Å². The van der Waals surface area contributed by atoms with Crippen LogP contribution in [-0.4, -0.2) is 16.3 Å². The molecule has 100 valence electrons. The van der Waals surface area contributed by atoms with Crippen molar-refractivity contribution >= 4 is 23.1 Å². The maximum Gasteiger partial charge on any atom is 0.262 e. The van der Waals surface area contributed by atoms with Crippen LogP contribution in [0.15, 0.2) is 16.9 Å². The van der Waals surface area contributed by atoms with Gasteiger partial charge in [-0.2, -0.15) is 0 Å². The summed E-state index contributed by atoms with van der Waals surface area (Å²) < 4.78 is 12.6. The monoisotopic (exact) mass is 278 g/mol. The number of hydrogen-bond donors (Lipinski definition) is 1. The molecule has 0 spiro atoms. The van der Waals surface area contributed by atoms with Crippen molar-refractivity contribution in [3.05, 3.63) is 27.3 Å². The Kier molecular flexibility index (Phi) is 2.82. The summed E-state index contributed by atoms with van der Waals surface area (Å²) in [5, 5.41) is 0.568. The zero-order chi connectivity index (χ0) is 13.6. The molecule has 1 aliphatic heterocycles. The quantitative estimate of drug-likeness (QED) is 0.857. The lowest BCUT2D eigenvalue weighted by Gasteiger charge is -2.10. The van der Waals surface area contributed by atoms with E-state index in [0.29, 0.717) is 39.6 Å². The summed E-state index contributed by atoms with van der Waals surface area (Å²) in [6.07, 6.45) is 0. The van der Waals surface area contributed by atoms with Crippen molar-refractivity contribution in [2.24, 2.45) is 5.92 Å². The van der Waals surface area contributed by atoms with E-state index in [9.17, 15) is 4.79 Å². The van der Waals surface area contributed by atoms with Crippen LogP contribution in [0.5, 0.6) is 11.5 Å². The molecule has 1 aliphatic rings. The molecule has 2 heterocycles. The van der Waals surface area contributed by atoms with Crippen molar-refractivity contribution in [2.45, 2.75) is 20.4 Å². The summed E-state index contributed by atoms with van der Waals surface area (Å²) in [5.41, 5.74) is 0.588. The Balaban J connectivity index is 2.29. The van der Waals surface area contributed by atoms with Gasteiger partial charge in [-0.1, -0.05) is 13.8 Å². The molecule has 0 saturated carbocycles. The second kappa shape index (κ2) is 4.38. The molecule has 0 saturated heterocycles. The molecule has 1 aromatic heterocycles. The van der Waals surface area contributed by atoms with Crippen LogP contribution < -0.4 is 15.0 Å². The van der Waals surface area contributed by atoms with E-state index in [2.05, 4.69) is 4.98 Å². The highest BCUT2D eigenvalue weighted by molar-refractivity contribution is 7.71. The number of fused-ring (bicyclic) bond motifs is 2. The first-order valence-electron chi connectivity index (χ1n) is 6.12. The van der Waals surface area contributed by atoms with Crippen molar-refractivity contribution in [1.29, 1.82) is 0 Å². The van der Waals surface area contributed by atoms with Crippen molar-refractivity contribution in [1.82, 2.24) is 9.55 Å². The highest BCUT2D eigenvalue weighted by Gasteiger charge is 2.17. The van der Waals surface area contributed by atoms with Crippen molar-refractivity contribution < 1.29 is 9.47 Å². The summed E-state index contributed by atoms with van der Waals surface area (Å²) in [6.45, 7) is 4.88. The average molecular weight is 278 g/mol. The van der Waals surface area contributed by atoms with E-state index in [-0.39, 0.29) is 12.4 Å². The number of benzene rings is 1. The lowest BCUT2D eigenvalue weighted by molar-refractivity contribution is 0.174. The topological polar surface area (TPSA) is 56.2 Å². The maximum atomic E-state index is 12.5. The zero-order valence-electron chi connectivity index (χ0n) is 10.7. The Morgan fingerprint density at radius 1 is 1.37 bits per heavy atom. The SMILES string of the molecule is CC(C)Cn1c(=S)[nH]c2cc3c(cc2c1=O)OCO3. The minimum absolute atomic E-state index is 0.0919. The predicted octanol–water partition coefficient (Wildman–Crippen LogP) is 2.44. The summed E-state index contributed by atoms with van der Waals surface area (Å²) in [7, 11) is 0. The molecule has 0 aliphatic carbocycles. The first kappa shape index (κ1) is 12.2. The highest BCUT2D eigenvalue weighted by atomic mass is 32.1. The molecule has 0 amide bonds. The van der Waals surface area contributed by atoms with Crippen LogP contribution in [0.2, 0.25) is 0 Å². The fraction of sp³-hybridized carbons (Fsp3) is 0.385. The molecule has 0 bridgehead atoms. The molecule has 5 nitrogen and oxygen atoms in total. The zero-order valence-corrected chi connectivity index (χ0v) is 11.5. The molecule has 1 N–H and O–H groups in total. The molecule has 0 unspecified atom stereocenters. The third-order valence-corrected chi connectivity index (χ3v) is 3.35. The lowest BCUT2D eigenvalue weighted by atomic mass is 10.2. The van der Waals surface area contributed by atoms with E-state index in [1.54, 1.807) is 16.7 Å². The van der Waals surface area contributed by atoms with Gasteiger partial charge in [-0.3, -0.25) is 9.36 Å². The fourth-order valence-corrected chi connectivity index (χ4v) is 2.44. The fourth-order valence-electron chi connectivity index (χ4n) is 2.17. The van der Waals surface area contributed by atoms with Crippen LogP contribution >= 0.6 is 12.2 Å². The van der Waals surface area contributed by atoms with E-state index >= 15 is 0 Å². The number of aromatic amines is 1. The third kappa shape index (κ3) is 2.02. The van der Waals surface area contributed by atoms with Gasteiger partial charge in [0, 0.05) is 12.6 Å². The normalized spacial score (nSPS) is 13.4. The van der Waals surface area contributed by atoms with Crippen molar-refractivity contribution in [3.63, 3.8) is 0 Å². The first-order chi connectivity index (χ1) is 9.06. The van der Waals surface area contributed by atoms with Crippen LogP contribution in [0.1, 0.15) is 13.8 Å². The Bertz CT molecular complexity index is 761. The largest absolute Gasteiger partial charge is 0.454 e. The van der Waals surface area contributed by atoms with Gasteiger partial charge in [0.2, 0.25) is 6.79 Å². The van der Waals surface area contributed by atoms with E-state index < -0.39 is 0 Å². The Morgan fingerprint density at radius 2 is 2.05 bits per heavy atom. The summed E-state index contributed by atoms with van der Waals surface area (Å²) in [6, 6.07) is 3.47. The van der Waals surface area contributed by atoms with Gasteiger partial charge < -0.3 is 14.5 Å². The Hall–Kier alpha value is -1.82. The minimum Gasteiger partial charge on any atom is -0.454 e. The molecule has 0 radical (unpaired) electrons. The average Bonchev–Trinajstić information content (AvgIpc) is 2.79. The summed E-state index contributed by atoms with van der Waals surface area (Å²) in [4.78, 5) is 15.5. The number of nitrogens with zero attached hydrogens (tertiary/aromatic N) is 1. The molecule has 0 fully saturated rings. The maximum absolute atomic E-state index is 12.5. The van der Waals surface area contributed by atoms with Crippen LogP contribution in [0, 0.1) is 10.7 Å². The van der Waals surface area contributed by atoms with Crippen molar-refractivity contribution in [2.75, 3.05) is 6.79 Å². The summed E-state index contributed by atoms with van der Waals surface area (Å²) >= 11 is 5.25. The molecule has 0 atom stereocenters. The van der Waals surface area contributed by atoms with Crippen molar-refractivity contribution in [3.8, 4) is 11.5 Å². The predicted molar refractivity (Wildman–Crippen MR) is 74.4 cm³/mol. The molecular formula is C13H14N2O3S. The first-order valence-corrected chi connectivity index (χ1v) is 6.53. The molecule has 6 heteroatoms. The number of ether oxygens (including phenoxy) is 2. The Morgan fingerprint density at radius 3 is 2.74 bits per heavy atom. The second-order valence-corrected chi connectivity index (χ2v) is 5.38. The van der Waals surface area contributed by atoms with E-state index in [1.165, 1.54) is 0 Å². The number of nitrogens with one attached hydrogen (secondary N) is 1. The second-order valence-electron chi connectivity index (χ2n) is 4.99. The van der Waals surface area contributed by atoms with Crippen LogP contribution in [-0.2, 0) is 6.54 Å². The number of hydrogen-bond acceptors (Lipinski definition) is 4. The molecule has 19 heavy (non-hydrogen) atoms. The Labute approximate surface area is 114 Å². The van der Waals surface area contributed by atoms with Crippen LogP contribution in [0.3, 0.4) is 0 Å². The van der Waals surface area contributed by atoms with Gasteiger partial charge in [0.25, 0.3) is 5.56 Å². The molecular weight excluding hydrogens is 264 g/mol.